The third-order valence-electron chi connectivity index (χ3n) is 5.41. The second kappa shape index (κ2) is 9.01. The van der Waals surface area contributed by atoms with E-state index < -0.39 is 5.82 Å². The standard InChI is InChI=1S/C24H22FN7O3/c1-14-7-16(30-35-14)13-32(20-8-17(33-3)9-21(34-4)23(20)25)22-6-5-18-24(29-22)28-19(11-26-18)15-10-27-31(2)12-15/h5-12H,13H2,1-4H3. The van der Waals surface area contributed by atoms with Crippen LogP contribution in [-0.2, 0) is 13.6 Å². The summed E-state index contributed by atoms with van der Waals surface area (Å²) >= 11 is 0. The zero-order valence-electron chi connectivity index (χ0n) is 19.6. The number of benzene rings is 1. The predicted molar refractivity (Wildman–Crippen MR) is 126 cm³/mol. The molecule has 0 radical (unpaired) electrons. The molecule has 4 heterocycles. The molecule has 0 unspecified atom stereocenters. The first-order chi connectivity index (χ1) is 16.9. The lowest BCUT2D eigenvalue weighted by molar-refractivity contribution is 0.374. The van der Waals surface area contributed by atoms with E-state index in [-0.39, 0.29) is 18.0 Å². The fraction of sp³-hybridized carbons (Fsp3) is 0.208. The normalized spacial score (nSPS) is 11.1. The van der Waals surface area contributed by atoms with Gasteiger partial charge in [-0.2, -0.15) is 5.10 Å². The Bertz CT molecular complexity index is 1510. The summed E-state index contributed by atoms with van der Waals surface area (Å²) in [7, 11) is 4.73. The summed E-state index contributed by atoms with van der Waals surface area (Å²) in [6, 6.07) is 8.38. The highest BCUT2D eigenvalue weighted by molar-refractivity contribution is 5.77. The van der Waals surface area contributed by atoms with Crippen molar-refractivity contribution in [3.8, 4) is 22.8 Å². The Labute approximate surface area is 199 Å². The summed E-state index contributed by atoms with van der Waals surface area (Å²) in [5, 5.41) is 8.26. The number of hydrogen-bond donors (Lipinski definition) is 0. The number of pyridine rings is 1. The molecule has 10 nitrogen and oxygen atoms in total. The van der Waals surface area contributed by atoms with E-state index in [1.165, 1.54) is 20.3 Å². The molecule has 0 aliphatic heterocycles. The monoisotopic (exact) mass is 475 g/mol. The van der Waals surface area contributed by atoms with Crippen LogP contribution in [0.25, 0.3) is 22.4 Å². The molecule has 0 fully saturated rings. The second-order valence-corrected chi connectivity index (χ2v) is 7.85. The largest absolute Gasteiger partial charge is 0.497 e. The lowest BCUT2D eigenvalue weighted by atomic mass is 10.2. The topological polar surface area (TPSA) is 104 Å². The van der Waals surface area contributed by atoms with Crippen molar-refractivity contribution in [2.24, 2.45) is 7.05 Å². The molecule has 4 aromatic heterocycles. The van der Waals surface area contributed by atoms with Crippen LogP contribution < -0.4 is 14.4 Å². The maximum atomic E-state index is 15.5. The fourth-order valence-electron chi connectivity index (χ4n) is 3.70. The highest BCUT2D eigenvalue weighted by Crippen LogP contribution is 2.37. The minimum absolute atomic E-state index is 0.0418. The molecule has 0 spiro atoms. The van der Waals surface area contributed by atoms with Crippen molar-refractivity contribution >= 4 is 22.7 Å². The van der Waals surface area contributed by atoms with Crippen LogP contribution in [0.5, 0.6) is 11.5 Å². The molecule has 0 saturated carbocycles. The molecule has 0 saturated heterocycles. The van der Waals surface area contributed by atoms with Gasteiger partial charge in [-0.25, -0.2) is 14.4 Å². The van der Waals surface area contributed by atoms with E-state index in [9.17, 15) is 0 Å². The van der Waals surface area contributed by atoms with Crippen molar-refractivity contribution in [3.05, 3.63) is 66.2 Å². The Morgan fingerprint density at radius 3 is 2.63 bits per heavy atom. The summed E-state index contributed by atoms with van der Waals surface area (Å²) in [5.74, 6) is 0.983. The number of nitrogens with zero attached hydrogens (tertiary/aromatic N) is 7. The summed E-state index contributed by atoms with van der Waals surface area (Å²) in [5.41, 5.74) is 3.24. The Kier molecular flexibility index (Phi) is 5.73. The van der Waals surface area contributed by atoms with Crippen LogP contribution in [0.15, 0.2) is 53.4 Å². The minimum Gasteiger partial charge on any atom is -0.497 e. The smallest absolute Gasteiger partial charge is 0.188 e. The van der Waals surface area contributed by atoms with E-state index in [0.717, 1.165) is 5.56 Å². The molecular formula is C24H22FN7O3. The molecule has 178 valence electrons. The van der Waals surface area contributed by atoms with Crippen molar-refractivity contribution in [1.82, 2.24) is 29.9 Å². The zero-order valence-corrected chi connectivity index (χ0v) is 19.6. The molecule has 0 N–H and O–H groups in total. The average molecular weight is 475 g/mol. The van der Waals surface area contributed by atoms with Crippen molar-refractivity contribution in [3.63, 3.8) is 0 Å². The van der Waals surface area contributed by atoms with E-state index in [2.05, 4.69) is 20.2 Å². The minimum atomic E-state index is -0.564. The number of halogens is 1. The second-order valence-electron chi connectivity index (χ2n) is 7.85. The van der Waals surface area contributed by atoms with Crippen molar-refractivity contribution < 1.29 is 18.4 Å². The zero-order chi connectivity index (χ0) is 24.5. The number of aryl methyl sites for hydroxylation is 2. The number of aromatic nitrogens is 6. The quantitative estimate of drug-likeness (QED) is 0.342. The summed E-state index contributed by atoms with van der Waals surface area (Å²) in [6.45, 7) is 1.97. The Balaban J connectivity index is 1.65. The van der Waals surface area contributed by atoms with E-state index in [1.54, 1.807) is 53.2 Å². The van der Waals surface area contributed by atoms with E-state index in [4.69, 9.17) is 19.0 Å². The molecule has 0 bridgehead atoms. The van der Waals surface area contributed by atoms with E-state index in [0.29, 0.717) is 39.9 Å². The van der Waals surface area contributed by atoms with Gasteiger partial charge in [0, 0.05) is 37.0 Å². The number of hydrogen-bond acceptors (Lipinski definition) is 9. The van der Waals surface area contributed by atoms with E-state index >= 15 is 4.39 Å². The molecule has 5 rings (SSSR count). The van der Waals surface area contributed by atoms with Crippen molar-refractivity contribution in [2.75, 3.05) is 19.1 Å². The highest BCUT2D eigenvalue weighted by Gasteiger charge is 2.22. The maximum absolute atomic E-state index is 15.5. The molecule has 5 aromatic rings. The highest BCUT2D eigenvalue weighted by atomic mass is 19.1. The van der Waals surface area contributed by atoms with Crippen LogP contribution in [0.2, 0.25) is 0 Å². The van der Waals surface area contributed by atoms with Gasteiger partial charge in [-0.05, 0) is 19.1 Å². The molecular weight excluding hydrogens is 453 g/mol. The fourth-order valence-corrected chi connectivity index (χ4v) is 3.70. The van der Waals surface area contributed by atoms with Gasteiger partial charge < -0.3 is 18.9 Å². The Hall–Kier alpha value is -4.54. The lowest BCUT2D eigenvalue weighted by Gasteiger charge is -2.24. The van der Waals surface area contributed by atoms with Gasteiger partial charge in [-0.15, -0.1) is 0 Å². The van der Waals surface area contributed by atoms with Gasteiger partial charge in [-0.3, -0.25) is 9.67 Å². The number of methoxy groups -OCH3 is 2. The Morgan fingerprint density at radius 1 is 1.09 bits per heavy atom. The van der Waals surface area contributed by atoms with Crippen molar-refractivity contribution in [2.45, 2.75) is 13.5 Å². The first-order valence-electron chi connectivity index (χ1n) is 10.7. The predicted octanol–water partition coefficient (Wildman–Crippen LogP) is 4.22. The molecule has 0 aliphatic rings. The average Bonchev–Trinajstić information content (AvgIpc) is 3.50. The number of ether oxygens (including phenoxy) is 2. The first kappa shape index (κ1) is 22.3. The Morgan fingerprint density at radius 2 is 1.94 bits per heavy atom. The van der Waals surface area contributed by atoms with Crippen LogP contribution in [0, 0.1) is 12.7 Å². The van der Waals surface area contributed by atoms with Gasteiger partial charge in [0.2, 0.25) is 0 Å². The molecule has 1 aromatic carbocycles. The van der Waals surface area contributed by atoms with Gasteiger partial charge in [0.05, 0.1) is 44.5 Å². The number of fused-ring (bicyclic) bond motifs is 1. The third-order valence-corrected chi connectivity index (χ3v) is 5.41. The lowest BCUT2D eigenvalue weighted by Crippen LogP contribution is -2.20. The van der Waals surface area contributed by atoms with E-state index in [1.807, 2.05) is 13.2 Å². The summed E-state index contributed by atoms with van der Waals surface area (Å²) in [4.78, 5) is 15.5. The molecule has 0 aliphatic carbocycles. The van der Waals surface area contributed by atoms with Gasteiger partial charge >= 0.3 is 0 Å². The van der Waals surface area contributed by atoms with Gasteiger partial charge in [0.25, 0.3) is 0 Å². The van der Waals surface area contributed by atoms with Gasteiger partial charge in [0.15, 0.2) is 17.2 Å². The van der Waals surface area contributed by atoms with Crippen molar-refractivity contribution in [1.29, 1.82) is 0 Å². The van der Waals surface area contributed by atoms with Crippen LogP contribution >= 0.6 is 0 Å². The summed E-state index contributed by atoms with van der Waals surface area (Å²) < 4.78 is 33.0. The van der Waals surface area contributed by atoms with Crippen LogP contribution in [-0.4, -0.2) is 44.1 Å². The SMILES string of the molecule is COc1cc(OC)c(F)c(N(Cc2cc(C)on2)c2ccc3ncc(-c4cnn(C)c4)nc3n2)c1. The molecule has 0 atom stereocenters. The van der Waals surface area contributed by atoms with Crippen LogP contribution in [0.4, 0.5) is 15.9 Å². The van der Waals surface area contributed by atoms with Crippen LogP contribution in [0.3, 0.4) is 0 Å². The third kappa shape index (κ3) is 4.35. The maximum Gasteiger partial charge on any atom is 0.188 e. The number of rotatable bonds is 7. The van der Waals surface area contributed by atoms with Gasteiger partial charge in [-0.1, -0.05) is 5.16 Å². The number of anilines is 2. The molecule has 11 heteroatoms. The molecule has 35 heavy (non-hydrogen) atoms. The van der Waals surface area contributed by atoms with Crippen LogP contribution in [0.1, 0.15) is 11.5 Å². The molecule has 0 amide bonds. The van der Waals surface area contributed by atoms with Gasteiger partial charge in [0.1, 0.15) is 28.5 Å². The summed E-state index contributed by atoms with van der Waals surface area (Å²) in [6.07, 6.45) is 5.22. The first-order valence-corrected chi connectivity index (χ1v) is 10.7.